The SMILES string of the molecule is O=C(NCC(=O)N1CCNCCNCCNCC1)c1ccc2cc1OCCOCCOCCOc1cccc(c1)OCCOCCOCCO2. The third-order valence-electron chi connectivity index (χ3n) is 7.55. The average molecular weight is 704 g/mol. The van der Waals surface area contributed by atoms with Gasteiger partial charge in [-0.05, 0) is 24.3 Å². The lowest BCUT2D eigenvalue weighted by molar-refractivity contribution is -0.130. The summed E-state index contributed by atoms with van der Waals surface area (Å²) in [5, 5.41) is 12.8. The molecule has 0 radical (unpaired) electrons. The summed E-state index contributed by atoms with van der Waals surface area (Å²) in [7, 11) is 0. The van der Waals surface area contributed by atoms with Crippen molar-refractivity contribution < 1.29 is 47.5 Å². The monoisotopic (exact) mass is 703 g/mol. The zero-order valence-corrected chi connectivity index (χ0v) is 28.9. The number of carbonyl (C=O) groups is 2. The second-order valence-electron chi connectivity index (χ2n) is 11.3. The van der Waals surface area contributed by atoms with Crippen molar-refractivity contribution in [2.75, 3.05) is 138 Å². The minimum Gasteiger partial charge on any atom is -0.491 e. The first kappa shape index (κ1) is 39.1. The van der Waals surface area contributed by atoms with Crippen molar-refractivity contribution in [2.45, 2.75) is 0 Å². The summed E-state index contributed by atoms with van der Waals surface area (Å²) in [5.41, 5.74) is 0.286. The fourth-order valence-electron chi connectivity index (χ4n) is 4.94. The van der Waals surface area contributed by atoms with Crippen LogP contribution in [0.1, 0.15) is 10.4 Å². The molecule has 1 saturated heterocycles. The van der Waals surface area contributed by atoms with Gasteiger partial charge in [-0.15, -0.1) is 0 Å². The minimum atomic E-state index is -0.423. The molecule has 4 bridgehead atoms. The van der Waals surface area contributed by atoms with Gasteiger partial charge in [-0.1, -0.05) is 6.07 Å². The maximum absolute atomic E-state index is 13.3. The molecule has 50 heavy (non-hydrogen) atoms. The summed E-state index contributed by atoms with van der Waals surface area (Å²) in [4.78, 5) is 28.2. The fourth-order valence-corrected chi connectivity index (χ4v) is 4.94. The molecule has 4 N–H and O–H groups in total. The molecule has 2 aromatic carbocycles. The average Bonchev–Trinajstić information content (AvgIpc) is 3.12. The lowest BCUT2D eigenvalue weighted by atomic mass is 10.1. The van der Waals surface area contributed by atoms with Gasteiger partial charge in [-0.2, -0.15) is 0 Å². The largest absolute Gasteiger partial charge is 0.491 e. The van der Waals surface area contributed by atoms with Gasteiger partial charge in [-0.25, -0.2) is 0 Å². The fraction of sp³-hybridized carbons (Fsp3) is 0.600. The topological polar surface area (TPSA) is 159 Å². The van der Waals surface area contributed by atoms with E-state index in [0.717, 1.165) is 26.2 Å². The molecular formula is C35H53N5O10. The van der Waals surface area contributed by atoms with Gasteiger partial charge in [0.25, 0.3) is 5.91 Å². The molecule has 2 aliphatic heterocycles. The third-order valence-corrected chi connectivity index (χ3v) is 7.55. The first-order valence-corrected chi connectivity index (χ1v) is 17.4. The number of nitrogens with zero attached hydrogens (tertiary/aromatic N) is 1. The Balaban J connectivity index is 1.28. The highest BCUT2D eigenvalue weighted by Gasteiger charge is 2.18. The first-order chi connectivity index (χ1) is 24.7. The number of rotatable bonds is 3. The number of carbonyl (C=O) groups excluding carboxylic acids is 2. The van der Waals surface area contributed by atoms with Crippen molar-refractivity contribution in [3.05, 3.63) is 48.0 Å². The summed E-state index contributed by atoms with van der Waals surface area (Å²) < 4.78 is 45.9. The van der Waals surface area contributed by atoms with Crippen molar-refractivity contribution in [1.82, 2.24) is 26.2 Å². The van der Waals surface area contributed by atoms with E-state index in [-0.39, 0.29) is 31.2 Å². The molecule has 2 aromatic rings. The number of nitrogens with one attached hydrogen (secondary N) is 4. The molecule has 0 spiro atoms. The molecule has 0 saturated carbocycles. The Labute approximate surface area is 294 Å². The standard InChI is InChI=1S/C35H53N5O10/c41-34(40-12-10-37-8-6-36-7-9-38-11-13-40)28-39-35(42)32-5-4-31-27-33(32)50-25-21-46-17-16-44-19-23-48-30-3-1-2-29(26-30)47-22-18-43-14-15-45-20-24-49-31/h1-5,26-27,36-38H,6-25,28H2,(H,39,42). The molecule has 0 unspecified atom stereocenters. The number of ether oxygens (including phenoxy) is 8. The summed E-state index contributed by atoms with van der Waals surface area (Å²) in [6.07, 6.45) is 0. The Morgan fingerprint density at radius 1 is 0.560 bits per heavy atom. The van der Waals surface area contributed by atoms with Crippen LogP contribution in [-0.4, -0.2) is 155 Å². The van der Waals surface area contributed by atoms with Crippen LogP contribution in [0.15, 0.2) is 42.5 Å². The van der Waals surface area contributed by atoms with E-state index in [1.807, 2.05) is 24.3 Å². The number of benzene rings is 2. The van der Waals surface area contributed by atoms with E-state index in [2.05, 4.69) is 21.3 Å². The van der Waals surface area contributed by atoms with Crippen molar-refractivity contribution in [1.29, 1.82) is 0 Å². The van der Waals surface area contributed by atoms with Crippen LogP contribution in [0.3, 0.4) is 0 Å². The van der Waals surface area contributed by atoms with E-state index < -0.39 is 5.91 Å². The Morgan fingerprint density at radius 3 is 1.56 bits per heavy atom. The van der Waals surface area contributed by atoms with Gasteiger partial charge in [-0.3, -0.25) is 9.59 Å². The molecule has 4 rings (SSSR count). The van der Waals surface area contributed by atoms with Crippen molar-refractivity contribution in [3.8, 4) is 23.0 Å². The maximum Gasteiger partial charge on any atom is 0.255 e. The Bertz CT molecular complexity index is 1240. The van der Waals surface area contributed by atoms with Gasteiger partial charge >= 0.3 is 0 Å². The highest BCUT2D eigenvalue weighted by Crippen LogP contribution is 2.25. The van der Waals surface area contributed by atoms with Gasteiger partial charge in [0.15, 0.2) is 0 Å². The molecular weight excluding hydrogens is 650 g/mol. The van der Waals surface area contributed by atoms with Gasteiger partial charge in [0.1, 0.15) is 49.4 Å². The molecule has 15 heteroatoms. The highest BCUT2D eigenvalue weighted by atomic mass is 16.6. The Morgan fingerprint density at radius 2 is 1.02 bits per heavy atom. The molecule has 2 aliphatic rings. The molecule has 2 amide bonds. The van der Waals surface area contributed by atoms with Crippen LogP contribution < -0.4 is 40.2 Å². The van der Waals surface area contributed by atoms with Crippen LogP contribution in [0.5, 0.6) is 23.0 Å². The summed E-state index contributed by atoms with van der Waals surface area (Å²) in [6.45, 7) is 9.99. The van der Waals surface area contributed by atoms with Crippen LogP contribution in [0.4, 0.5) is 0 Å². The predicted molar refractivity (Wildman–Crippen MR) is 186 cm³/mol. The zero-order valence-electron chi connectivity index (χ0n) is 28.9. The normalized spacial score (nSPS) is 19.1. The van der Waals surface area contributed by atoms with Gasteiger partial charge < -0.3 is 64.1 Å². The predicted octanol–water partition coefficient (Wildman–Crippen LogP) is 0.323. The summed E-state index contributed by atoms with van der Waals surface area (Å²) in [6, 6.07) is 12.4. The maximum atomic E-state index is 13.3. The lowest BCUT2D eigenvalue weighted by Gasteiger charge is -2.24. The quantitative estimate of drug-likeness (QED) is 0.347. The zero-order chi connectivity index (χ0) is 34.9. The van der Waals surface area contributed by atoms with Crippen LogP contribution in [0.2, 0.25) is 0 Å². The van der Waals surface area contributed by atoms with Crippen LogP contribution in [0, 0.1) is 0 Å². The van der Waals surface area contributed by atoms with E-state index in [9.17, 15) is 9.59 Å². The van der Waals surface area contributed by atoms with Crippen molar-refractivity contribution >= 4 is 11.8 Å². The van der Waals surface area contributed by atoms with Crippen molar-refractivity contribution in [2.24, 2.45) is 0 Å². The van der Waals surface area contributed by atoms with E-state index in [0.29, 0.717) is 115 Å². The van der Waals surface area contributed by atoms with Crippen LogP contribution in [-0.2, 0) is 23.7 Å². The Hall–Kier alpha value is -3.70. The highest BCUT2D eigenvalue weighted by molar-refractivity contribution is 5.99. The van der Waals surface area contributed by atoms with Crippen molar-refractivity contribution in [3.63, 3.8) is 0 Å². The molecule has 0 atom stereocenters. The van der Waals surface area contributed by atoms with Crippen LogP contribution >= 0.6 is 0 Å². The molecule has 15 nitrogen and oxygen atoms in total. The number of hydrogen-bond acceptors (Lipinski definition) is 13. The van der Waals surface area contributed by atoms with Gasteiger partial charge in [0, 0.05) is 64.5 Å². The minimum absolute atomic E-state index is 0.132. The summed E-state index contributed by atoms with van der Waals surface area (Å²) in [5.74, 6) is 1.65. The lowest BCUT2D eigenvalue weighted by Crippen LogP contribution is -2.47. The Kier molecular flexibility index (Phi) is 19.1. The van der Waals surface area contributed by atoms with E-state index >= 15 is 0 Å². The molecule has 0 aliphatic carbocycles. The van der Waals surface area contributed by atoms with E-state index in [4.69, 9.17) is 37.9 Å². The summed E-state index contributed by atoms with van der Waals surface area (Å²) >= 11 is 0. The molecule has 0 aromatic heterocycles. The van der Waals surface area contributed by atoms with E-state index in [1.54, 1.807) is 23.1 Å². The first-order valence-electron chi connectivity index (χ1n) is 17.4. The molecule has 2 heterocycles. The number of amides is 2. The molecule has 278 valence electrons. The molecule has 1 fully saturated rings. The second-order valence-corrected chi connectivity index (χ2v) is 11.3. The number of hydrogen-bond donors (Lipinski definition) is 4. The van der Waals surface area contributed by atoms with Gasteiger partial charge in [0.2, 0.25) is 5.91 Å². The smallest absolute Gasteiger partial charge is 0.255 e. The van der Waals surface area contributed by atoms with Crippen LogP contribution in [0.25, 0.3) is 0 Å². The van der Waals surface area contributed by atoms with Gasteiger partial charge in [0.05, 0.1) is 65.0 Å². The third kappa shape index (κ3) is 15.9. The number of fused-ring (bicyclic) bond motifs is 4. The second kappa shape index (κ2) is 24.4. The van der Waals surface area contributed by atoms with E-state index in [1.165, 1.54) is 0 Å².